The van der Waals surface area contributed by atoms with Crippen LogP contribution in [-0.4, -0.2) is 13.1 Å². The van der Waals surface area contributed by atoms with E-state index in [-0.39, 0.29) is 5.82 Å². The fourth-order valence-electron chi connectivity index (χ4n) is 2.48. The van der Waals surface area contributed by atoms with Gasteiger partial charge in [-0.1, -0.05) is 57.0 Å². The molecule has 0 heterocycles. The van der Waals surface area contributed by atoms with E-state index in [9.17, 15) is 4.39 Å². The minimum absolute atomic E-state index is 0.209. The van der Waals surface area contributed by atoms with Crippen molar-refractivity contribution in [1.82, 2.24) is 5.32 Å². The number of nitrogens with one attached hydrogen (secondary N) is 1. The summed E-state index contributed by atoms with van der Waals surface area (Å²) < 4.78 is 13.2. The van der Waals surface area contributed by atoms with Crippen LogP contribution in [0.1, 0.15) is 57.4 Å². The van der Waals surface area contributed by atoms with Crippen molar-refractivity contribution in [3.63, 3.8) is 0 Å². The highest BCUT2D eigenvalue weighted by Gasteiger charge is 2.10. The second-order valence-corrected chi connectivity index (χ2v) is 5.89. The first-order valence-corrected chi connectivity index (χ1v) is 8.16. The van der Waals surface area contributed by atoms with Crippen molar-refractivity contribution in [3.05, 3.63) is 34.6 Å². The minimum atomic E-state index is -0.209. The Morgan fingerprint density at radius 2 is 1.85 bits per heavy atom. The Hall–Kier alpha value is -0.600. The molecule has 3 heteroatoms. The molecule has 1 nitrogen and oxygen atoms in total. The quantitative estimate of drug-likeness (QED) is 0.573. The molecular weight excluding hydrogens is 273 g/mol. The van der Waals surface area contributed by atoms with Gasteiger partial charge in [0.25, 0.3) is 0 Å². The average Bonchev–Trinajstić information content (AvgIpc) is 2.45. The summed E-state index contributed by atoms with van der Waals surface area (Å²) in [6.45, 7) is 2.24. The van der Waals surface area contributed by atoms with Crippen LogP contribution in [0.25, 0.3) is 0 Å². The zero-order valence-corrected chi connectivity index (χ0v) is 13.5. The fourth-order valence-corrected chi connectivity index (χ4v) is 2.68. The Bertz CT molecular complexity index is 381. The van der Waals surface area contributed by atoms with Gasteiger partial charge in [-0.25, -0.2) is 4.39 Å². The van der Waals surface area contributed by atoms with E-state index in [4.69, 9.17) is 11.6 Å². The SMILES string of the molecule is CCCCCCCCC(Cc1cc(F)ccc1Cl)NC. The van der Waals surface area contributed by atoms with E-state index < -0.39 is 0 Å². The number of benzene rings is 1. The van der Waals surface area contributed by atoms with Gasteiger partial charge in [0.15, 0.2) is 0 Å². The predicted molar refractivity (Wildman–Crippen MR) is 86.0 cm³/mol. The molecule has 0 aliphatic carbocycles. The Morgan fingerprint density at radius 3 is 2.55 bits per heavy atom. The van der Waals surface area contributed by atoms with E-state index in [0.717, 1.165) is 18.4 Å². The van der Waals surface area contributed by atoms with Gasteiger partial charge in [-0.2, -0.15) is 0 Å². The predicted octanol–water partition coefficient (Wildman–Crippen LogP) is 5.36. The maximum Gasteiger partial charge on any atom is 0.123 e. The lowest BCUT2D eigenvalue weighted by Crippen LogP contribution is -2.27. The highest BCUT2D eigenvalue weighted by molar-refractivity contribution is 6.31. The summed E-state index contributed by atoms with van der Waals surface area (Å²) in [6, 6.07) is 4.98. The summed E-state index contributed by atoms with van der Waals surface area (Å²) in [7, 11) is 1.97. The first-order valence-electron chi connectivity index (χ1n) is 7.78. The Kier molecular flexibility index (Phi) is 8.88. The van der Waals surface area contributed by atoms with Crippen molar-refractivity contribution >= 4 is 11.6 Å². The van der Waals surface area contributed by atoms with Gasteiger partial charge in [0.05, 0.1) is 0 Å². The van der Waals surface area contributed by atoms with Crippen molar-refractivity contribution < 1.29 is 4.39 Å². The van der Waals surface area contributed by atoms with Crippen molar-refractivity contribution in [2.24, 2.45) is 0 Å². The van der Waals surface area contributed by atoms with Crippen LogP contribution in [-0.2, 0) is 6.42 Å². The van der Waals surface area contributed by atoms with Crippen LogP contribution in [0.2, 0.25) is 5.02 Å². The summed E-state index contributed by atoms with van der Waals surface area (Å²) in [5, 5.41) is 3.98. The van der Waals surface area contributed by atoms with Gasteiger partial charge >= 0.3 is 0 Å². The molecule has 0 fully saturated rings. The summed E-state index contributed by atoms with van der Waals surface area (Å²) in [6.07, 6.45) is 9.72. The van der Waals surface area contributed by atoms with Crippen LogP contribution >= 0.6 is 11.6 Å². The molecule has 0 aliphatic heterocycles. The lowest BCUT2D eigenvalue weighted by Gasteiger charge is -2.17. The van der Waals surface area contributed by atoms with Crippen molar-refractivity contribution in [3.8, 4) is 0 Å². The fraction of sp³-hybridized carbons (Fsp3) is 0.647. The topological polar surface area (TPSA) is 12.0 Å². The van der Waals surface area contributed by atoms with Crippen molar-refractivity contribution in [2.75, 3.05) is 7.05 Å². The van der Waals surface area contributed by atoms with Gasteiger partial charge in [0.1, 0.15) is 5.82 Å². The minimum Gasteiger partial charge on any atom is -0.317 e. The molecule has 0 saturated carbocycles. The normalized spacial score (nSPS) is 12.6. The molecule has 0 radical (unpaired) electrons. The molecule has 0 bridgehead atoms. The number of likely N-dealkylation sites (N-methyl/N-ethyl adjacent to an activating group) is 1. The summed E-state index contributed by atoms with van der Waals surface area (Å²) in [5.41, 5.74) is 0.900. The molecule has 0 aliphatic rings. The largest absolute Gasteiger partial charge is 0.317 e. The lowest BCUT2D eigenvalue weighted by molar-refractivity contribution is 0.479. The molecular formula is C17H27ClFN. The van der Waals surface area contributed by atoms with Gasteiger partial charge in [-0.15, -0.1) is 0 Å². The summed E-state index contributed by atoms with van der Waals surface area (Å²) >= 11 is 6.12. The number of hydrogen-bond acceptors (Lipinski definition) is 1. The van der Waals surface area contributed by atoms with Crippen LogP contribution in [0.5, 0.6) is 0 Å². The second-order valence-electron chi connectivity index (χ2n) is 5.48. The third kappa shape index (κ3) is 6.71. The molecule has 20 heavy (non-hydrogen) atoms. The molecule has 0 spiro atoms. The summed E-state index contributed by atoms with van der Waals surface area (Å²) in [5.74, 6) is -0.209. The molecule has 1 N–H and O–H groups in total. The highest BCUT2D eigenvalue weighted by Crippen LogP contribution is 2.20. The monoisotopic (exact) mass is 299 g/mol. The van der Waals surface area contributed by atoms with Gasteiger partial charge in [-0.05, 0) is 43.7 Å². The lowest BCUT2D eigenvalue weighted by atomic mass is 9.99. The van der Waals surface area contributed by atoms with Crippen molar-refractivity contribution in [2.45, 2.75) is 64.3 Å². The zero-order chi connectivity index (χ0) is 14.8. The maximum absolute atomic E-state index is 13.2. The number of hydrogen-bond donors (Lipinski definition) is 1. The molecule has 0 amide bonds. The molecule has 1 rings (SSSR count). The molecule has 1 atom stereocenters. The molecule has 0 saturated heterocycles. The standard InChI is InChI=1S/C17H27ClFN/c1-3-4-5-6-7-8-9-16(20-2)13-14-12-15(19)10-11-17(14)18/h10-12,16,20H,3-9,13H2,1-2H3. The average molecular weight is 300 g/mol. The Balaban J connectivity index is 2.33. The third-order valence-corrected chi connectivity index (χ3v) is 4.16. The molecule has 114 valence electrons. The molecule has 0 aromatic heterocycles. The summed E-state index contributed by atoms with van der Waals surface area (Å²) in [4.78, 5) is 0. The van der Waals surface area contributed by atoms with E-state index in [2.05, 4.69) is 12.2 Å². The van der Waals surface area contributed by atoms with Crippen LogP contribution in [0.3, 0.4) is 0 Å². The second kappa shape index (κ2) is 10.2. The van der Waals surface area contributed by atoms with Crippen LogP contribution in [0.15, 0.2) is 18.2 Å². The van der Waals surface area contributed by atoms with Gasteiger partial charge in [0.2, 0.25) is 0 Å². The van der Waals surface area contributed by atoms with Gasteiger partial charge < -0.3 is 5.32 Å². The molecule has 1 unspecified atom stereocenters. The Morgan fingerprint density at radius 1 is 1.15 bits per heavy atom. The first-order chi connectivity index (χ1) is 9.67. The number of halogens is 2. The van der Waals surface area contributed by atoms with Gasteiger partial charge in [-0.3, -0.25) is 0 Å². The van der Waals surface area contributed by atoms with E-state index in [1.807, 2.05) is 7.05 Å². The maximum atomic E-state index is 13.2. The number of rotatable bonds is 10. The van der Waals surface area contributed by atoms with Crippen LogP contribution < -0.4 is 5.32 Å². The first kappa shape index (κ1) is 17.5. The van der Waals surface area contributed by atoms with Crippen molar-refractivity contribution in [1.29, 1.82) is 0 Å². The molecule has 1 aromatic rings. The highest BCUT2D eigenvalue weighted by atomic mass is 35.5. The van der Waals surface area contributed by atoms with Crippen LogP contribution in [0, 0.1) is 5.82 Å². The zero-order valence-electron chi connectivity index (χ0n) is 12.7. The van der Waals surface area contributed by atoms with E-state index in [1.54, 1.807) is 12.1 Å². The number of unbranched alkanes of at least 4 members (excludes halogenated alkanes) is 5. The van der Waals surface area contributed by atoms with E-state index in [1.165, 1.54) is 44.6 Å². The van der Waals surface area contributed by atoms with Crippen LogP contribution in [0.4, 0.5) is 4.39 Å². The van der Waals surface area contributed by atoms with E-state index >= 15 is 0 Å². The Labute approximate surface area is 127 Å². The van der Waals surface area contributed by atoms with Gasteiger partial charge in [0, 0.05) is 11.1 Å². The molecule has 1 aromatic carbocycles. The van der Waals surface area contributed by atoms with E-state index in [0.29, 0.717) is 11.1 Å². The smallest absolute Gasteiger partial charge is 0.123 e. The third-order valence-electron chi connectivity index (χ3n) is 3.79.